The third-order valence-electron chi connectivity index (χ3n) is 5.00. The largest absolute Gasteiger partial charge is 0.497 e. The van der Waals surface area contributed by atoms with Gasteiger partial charge in [-0.25, -0.2) is 9.97 Å². The van der Waals surface area contributed by atoms with Crippen LogP contribution >= 0.6 is 0 Å². The number of methoxy groups -OCH3 is 1. The van der Waals surface area contributed by atoms with E-state index in [0.29, 0.717) is 29.0 Å². The van der Waals surface area contributed by atoms with Gasteiger partial charge in [-0.15, -0.1) is 0 Å². The summed E-state index contributed by atoms with van der Waals surface area (Å²) in [7, 11) is 1.65. The van der Waals surface area contributed by atoms with Gasteiger partial charge in [-0.3, -0.25) is 4.79 Å². The maximum atomic E-state index is 12.8. The van der Waals surface area contributed by atoms with Crippen LogP contribution in [0.25, 0.3) is 22.4 Å². The van der Waals surface area contributed by atoms with Crippen molar-refractivity contribution < 1.29 is 14.3 Å². The minimum Gasteiger partial charge on any atom is -0.497 e. The molecule has 4 aromatic rings. The van der Waals surface area contributed by atoms with Crippen LogP contribution in [-0.2, 0) is 6.61 Å². The summed E-state index contributed by atoms with van der Waals surface area (Å²) in [6.45, 7) is 6.14. The van der Waals surface area contributed by atoms with Gasteiger partial charge in [0.05, 0.1) is 24.6 Å². The Kier molecular flexibility index (Phi) is 5.46. The Morgan fingerprint density at radius 2 is 1.84 bits per heavy atom. The lowest BCUT2D eigenvalue weighted by Crippen LogP contribution is -2.20. The molecular formula is C25H25N3O3. The van der Waals surface area contributed by atoms with Crippen molar-refractivity contribution in [1.82, 2.24) is 15.0 Å². The summed E-state index contributed by atoms with van der Waals surface area (Å²) >= 11 is 0. The van der Waals surface area contributed by atoms with E-state index in [1.54, 1.807) is 19.5 Å². The van der Waals surface area contributed by atoms with Crippen molar-refractivity contribution in [2.75, 3.05) is 7.11 Å². The van der Waals surface area contributed by atoms with E-state index in [2.05, 4.69) is 9.97 Å². The van der Waals surface area contributed by atoms with Gasteiger partial charge in [0.2, 0.25) is 0 Å². The summed E-state index contributed by atoms with van der Waals surface area (Å²) in [5.74, 6) is 1.57. The summed E-state index contributed by atoms with van der Waals surface area (Å²) < 4.78 is 11.1. The smallest absolute Gasteiger partial charge is 0.171 e. The first kappa shape index (κ1) is 20.6. The second-order valence-electron chi connectivity index (χ2n) is 8.40. The summed E-state index contributed by atoms with van der Waals surface area (Å²) in [5.41, 5.74) is 3.85. The highest BCUT2D eigenvalue weighted by Gasteiger charge is 2.26. The number of benzene rings is 2. The van der Waals surface area contributed by atoms with Crippen LogP contribution < -0.4 is 9.47 Å². The van der Waals surface area contributed by atoms with E-state index in [0.717, 1.165) is 22.6 Å². The normalized spacial score (nSPS) is 11.5. The Bertz CT molecular complexity index is 1220. The quantitative estimate of drug-likeness (QED) is 0.424. The van der Waals surface area contributed by atoms with Crippen LogP contribution in [0.1, 0.15) is 36.7 Å². The fourth-order valence-electron chi connectivity index (χ4n) is 3.24. The van der Waals surface area contributed by atoms with Crippen molar-refractivity contribution in [3.63, 3.8) is 0 Å². The summed E-state index contributed by atoms with van der Waals surface area (Å²) in [6.07, 6.45) is 3.39. The number of ketones is 1. The fraction of sp³-hybridized carbons (Fsp3) is 0.240. The van der Waals surface area contributed by atoms with Crippen molar-refractivity contribution in [3.05, 3.63) is 72.1 Å². The van der Waals surface area contributed by atoms with Crippen molar-refractivity contribution in [3.8, 4) is 22.8 Å². The average molecular weight is 415 g/mol. The van der Waals surface area contributed by atoms with Gasteiger partial charge in [0.15, 0.2) is 11.4 Å². The molecule has 31 heavy (non-hydrogen) atoms. The molecule has 0 spiro atoms. The molecule has 2 heterocycles. The van der Waals surface area contributed by atoms with Crippen LogP contribution in [0.5, 0.6) is 11.5 Å². The molecule has 0 radical (unpaired) electrons. The molecule has 2 aromatic carbocycles. The van der Waals surface area contributed by atoms with E-state index < -0.39 is 5.41 Å². The van der Waals surface area contributed by atoms with Crippen molar-refractivity contribution in [1.29, 1.82) is 0 Å². The second-order valence-corrected chi connectivity index (χ2v) is 8.40. The Labute approximate surface area is 181 Å². The average Bonchev–Trinajstić information content (AvgIpc) is 3.20. The zero-order chi connectivity index (χ0) is 22.0. The number of fused-ring (bicyclic) bond motifs is 1. The standard InChI is InChI=1S/C25H25N3O3/c1-25(2,3)23(29)20-13-26-24-22(20)28-21(14-27-24)17-6-5-7-19(12-17)31-15-16-8-10-18(30-4)11-9-16/h5-14H,15H2,1-4H3,(H,26,27). The second kappa shape index (κ2) is 8.22. The summed E-state index contributed by atoms with van der Waals surface area (Å²) in [4.78, 5) is 25.0. The number of ether oxygens (including phenoxy) is 2. The number of hydrogen-bond acceptors (Lipinski definition) is 5. The Balaban J connectivity index is 1.58. The first-order valence-electron chi connectivity index (χ1n) is 10.1. The molecule has 0 aliphatic rings. The molecule has 0 saturated heterocycles. The Morgan fingerprint density at radius 3 is 2.55 bits per heavy atom. The number of Topliss-reactive ketones (excluding diaryl/α,β-unsaturated/α-hetero) is 1. The topological polar surface area (TPSA) is 77.1 Å². The number of H-pyrrole nitrogens is 1. The predicted octanol–water partition coefficient (Wildman–Crippen LogP) is 5.44. The number of hydrogen-bond donors (Lipinski definition) is 1. The highest BCUT2D eigenvalue weighted by molar-refractivity contribution is 6.08. The third-order valence-corrected chi connectivity index (χ3v) is 5.00. The monoisotopic (exact) mass is 415 g/mol. The molecule has 0 bridgehead atoms. The molecule has 158 valence electrons. The number of aromatic amines is 1. The van der Waals surface area contributed by atoms with Crippen molar-refractivity contribution in [2.45, 2.75) is 27.4 Å². The minimum atomic E-state index is -0.498. The molecule has 6 nitrogen and oxygen atoms in total. The van der Waals surface area contributed by atoms with E-state index in [4.69, 9.17) is 14.5 Å². The Hall–Kier alpha value is -3.67. The van der Waals surface area contributed by atoms with Crippen LogP contribution in [0, 0.1) is 5.41 Å². The first-order chi connectivity index (χ1) is 14.8. The molecule has 0 saturated carbocycles. The molecule has 2 aromatic heterocycles. The number of rotatable bonds is 6. The molecule has 6 heteroatoms. The van der Waals surface area contributed by atoms with Gasteiger partial charge < -0.3 is 14.5 Å². The SMILES string of the molecule is COc1ccc(COc2cccc(-c3cnc4[nH]cc(C(=O)C(C)(C)C)c4n3)c2)cc1. The van der Waals surface area contributed by atoms with Crippen LogP contribution in [0.15, 0.2) is 60.9 Å². The number of nitrogens with zero attached hydrogens (tertiary/aromatic N) is 2. The Morgan fingerprint density at radius 1 is 1.06 bits per heavy atom. The van der Waals surface area contributed by atoms with Gasteiger partial charge in [-0.2, -0.15) is 0 Å². The highest BCUT2D eigenvalue weighted by Crippen LogP contribution is 2.28. The van der Waals surface area contributed by atoms with Gasteiger partial charge in [-0.05, 0) is 29.8 Å². The number of carbonyl (C=O) groups excluding carboxylic acids is 1. The summed E-state index contributed by atoms with van der Waals surface area (Å²) in [5, 5.41) is 0. The van der Waals surface area contributed by atoms with Gasteiger partial charge in [0.25, 0.3) is 0 Å². The van der Waals surface area contributed by atoms with Gasteiger partial charge >= 0.3 is 0 Å². The van der Waals surface area contributed by atoms with Crippen LogP contribution in [0.2, 0.25) is 0 Å². The van der Waals surface area contributed by atoms with Crippen molar-refractivity contribution >= 4 is 16.9 Å². The van der Waals surface area contributed by atoms with E-state index in [1.165, 1.54) is 0 Å². The first-order valence-corrected chi connectivity index (χ1v) is 10.1. The van der Waals surface area contributed by atoms with Gasteiger partial charge in [0, 0.05) is 17.2 Å². The molecule has 0 fully saturated rings. The van der Waals surface area contributed by atoms with Crippen LogP contribution in [0.3, 0.4) is 0 Å². The molecule has 0 atom stereocenters. The molecule has 0 unspecified atom stereocenters. The predicted molar refractivity (Wildman–Crippen MR) is 120 cm³/mol. The molecule has 0 aliphatic heterocycles. The van der Waals surface area contributed by atoms with E-state index >= 15 is 0 Å². The maximum Gasteiger partial charge on any atom is 0.171 e. The number of nitrogens with one attached hydrogen (secondary N) is 1. The lowest BCUT2D eigenvalue weighted by molar-refractivity contribution is 0.0860. The number of carbonyl (C=O) groups is 1. The van der Waals surface area contributed by atoms with Crippen LogP contribution in [-0.4, -0.2) is 27.8 Å². The molecule has 1 N–H and O–H groups in total. The van der Waals surface area contributed by atoms with Gasteiger partial charge in [0.1, 0.15) is 23.6 Å². The van der Waals surface area contributed by atoms with E-state index in [1.807, 2.05) is 69.3 Å². The van der Waals surface area contributed by atoms with Crippen LogP contribution in [0.4, 0.5) is 0 Å². The lowest BCUT2D eigenvalue weighted by Gasteiger charge is -2.15. The number of aromatic nitrogens is 3. The molecular weight excluding hydrogens is 390 g/mol. The third kappa shape index (κ3) is 4.43. The molecule has 0 aliphatic carbocycles. The minimum absolute atomic E-state index is 0.0294. The molecule has 4 rings (SSSR count). The molecule has 0 amide bonds. The van der Waals surface area contributed by atoms with Crippen molar-refractivity contribution in [2.24, 2.45) is 5.41 Å². The van der Waals surface area contributed by atoms with E-state index in [9.17, 15) is 4.79 Å². The van der Waals surface area contributed by atoms with E-state index in [-0.39, 0.29) is 5.78 Å². The summed E-state index contributed by atoms with van der Waals surface area (Å²) in [6, 6.07) is 15.5. The van der Waals surface area contributed by atoms with Gasteiger partial charge in [-0.1, -0.05) is 45.0 Å². The zero-order valence-corrected chi connectivity index (χ0v) is 18.1. The fourth-order valence-corrected chi connectivity index (χ4v) is 3.24. The maximum absolute atomic E-state index is 12.8. The highest BCUT2D eigenvalue weighted by atomic mass is 16.5. The lowest BCUT2D eigenvalue weighted by atomic mass is 9.87. The zero-order valence-electron chi connectivity index (χ0n) is 18.1.